The Bertz CT molecular complexity index is 1680. The zero-order chi connectivity index (χ0) is 23.2. The van der Waals surface area contributed by atoms with Crippen LogP contribution in [0, 0.1) is 0 Å². The number of rotatable bonds is 4. The number of benzene rings is 4. The molecule has 0 unspecified atom stereocenters. The molecule has 0 atom stereocenters. The van der Waals surface area contributed by atoms with Gasteiger partial charge < -0.3 is 15.2 Å². The average Bonchev–Trinajstić information content (AvgIpc) is 3.17. The molecule has 3 N–H and O–H groups in total. The Labute approximate surface area is 194 Å². The molecule has 0 aromatic heterocycles. The number of nitrogens with one attached hydrogen (secondary N) is 1. The molecule has 0 bridgehead atoms. The molecule has 2 aliphatic heterocycles. The number of aromatic nitrogens is 3. The van der Waals surface area contributed by atoms with Crippen LogP contribution in [0.25, 0.3) is 27.6 Å². The minimum Gasteiger partial charge on any atom is -0.508 e. The van der Waals surface area contributed by atoms with Gasteiger partial charge in [0.25, 0.3) is 5.56 Å². The lowest BCUT2D eigenvalue weighted by atomic mass is 10.1. The van der Waals surface area contributed by atoms with Crippen molar-refractivity contribution in [2.45, 2.75) is 12.8 Å². The molecule has 4 aromatic rings. The average molecular weight is 447 g/mol. The third-order valence-corrected chi connectivity index (χ3v) is 6.20. The first-order valence-electron chi connectivity index (χ1n) is 11.1. The van der Waals surface area contributed by atoms with Gasteiger partial charge in [0.1, 0.15) is 17.2 Å². The van der Waals surface area contributed by atoms with Gasteiger partial charge in [0.05, 0.1) is 16.7 Å². The molecule has 0 amide bonds. The molecule has 2 aliphatic rings. The van der Waals surface area contributed by atoms with Gasteiger partial charge in [0.15, 0.2) is 5.82 Å². The second kappa shape index (κ2) is 7.78. The van der Waals surface area contributed by atoms with Crippen LogP contribution in [0.4, 0.5) is 0 Å². The first-order valence-corrected chi connectivity index (χ1v) is 11.1. The maximum Gasteiger partial charge on any atom is 0.278 e. The van der Waals surface area contributed by atoms with E-state index in [0.29, 0.717) is 24.4 Å². The Morgan fingerprint density at radius 1 is 0.794 bits per heavy atom. The molecule has 34 heavy (non-hydrogen) atoms. The van der Waals surface area contributed by atoms with Gasteiger partial charge in [-0.3, -0.25) is 9.36 Å². The Hall–Kier alpha value is -4.58. The molecule has 6 heteroatoms. The van der Waals surface area contributed by atoms with Crippen molar-refractivity contribution in [3.63, 3.8) is 0 Å². The van der Waals surface area contributed by atoms with Crippen molar-refractivity contribution in [2.24, 2.45) is 0 Å². The van der Waals surface area contributed by atoms with Crippen LogP contribution in [-0.4, -0.2) is 24.7 Å². The molecule has 166 valence electrons. The van der Waals surface area contributed by atoms with E-state index < -0.39 is 0 Å². The number of imidazole rings is 1. The quantitative estimate of drug-likeness (QED) is 0.335. The van der Waals surface area contributed by atoms with E-state index in [1.807, 2.05) is 48.5 Å². The minimum absolute atomic E-state index is 0.158. The fourth-order valence-corrected chi connectivity index (χ4v) is 4.55. The molecule has 6 rings (SSSR count). The zero-order valence-electron chi connectivity index (χ0n) is 18.2. The lowest BCUT2D eigenvalue weighted by molar-refractivity contribution is 0.475. The molecule has 0 radical (unpaired) electrons. The maximum atomic E-state index is 13.6. The van der Waals surface area contributed by atoms with E-state index in [9.17, 15) is 15.0 Å². The summed E-state index contributed by atoms with van der Waals surface area (Å²) in [6.45, 7) is 0. The highest BCUT2D eigenvalue weighted by molar-refractivity contribution is 6.05. The molecule has 0 saturated carbocycles. The van der Waals surface area contributed by atoms with Crippen molar-refractivity contribution in [1.82, 2.24) is 14.5 Å². The van der Waals surface area contributed by atoms with Gasteiger partial charge in [-0.15, -0.1) is 0 Å². The summed E-state index contributed by atoms with van der Waals surface area (Å²) < 4.78 is 1.69. The van der Waals surface area contributed by atoms with Gasteiger partial charge in [-0.05, 0) is 52.9 Å². The molecule has 6 nitrogen and oxygen atoms in total. The molecule has 0 spiro atoms. The lowest BCUT2D eigenvalue weighted by Gasteiger charge is -2.15. The highest BCUT2D eigenvalue weighted by Crippen LogP contribution is 2.30. The fraction of sp³-hybridized carbons (Fsp3) is 0.0714. The van der Waals surface area contributed by atoms with Gasteiger partial charge in [-0.1, -0.05) is 48.5 Å². The van der Waals surface area contributed by atoms with Crippen molar-refractivity contribution in [3.05, 3.63) is 118 Å². The molecule has 0 aliphatic carbocycles. The van der Waals surface area contributed by atoms with Crippen LogP contribution in [0.15, 0.2) is 89.7 Å². The van der Waals surface area contributed by atoms with E-state index >= 15 is 0 Å². The third-order valence-electron chi connectivity index (χ3n) is 6.20. The number of aromatic hydroxyl groups is 2. The van der Waals surface area contributed by atoms with Gasteiger partial charge in [0, 0.05) is 18.2 Å². The minimum atomic E-state index is -0.158. The number of H-pyrrole nitrogens is 1. The third kappa shape index (κ3) is 3.36. The molecule has 4 aromatic carbocycles. The second-order valence-electron chi connectivity index (χ2n) is 8.50. The Kier molecular flexibility index (Phi) is 4.59. The monoisotopic (exact) mass is 447 g/mol. The summed E-state index contributed by atoms with van der Waals surface area (Å²) in [5, 5.41) is 21.3. The van der Waals surface area contributed by atoms with Crippen LogP contribution in [0.5, 0.6) is 11.5 Å². The van der Waals surface area contributed by atoms with Gasteiger partial charge >= 0.3 is 0 Å². The van der Waals surface area contributed by atoms with E-state index in [-0.39, 0.29) is 17.1 Å². The number of aromatic amines is 1. The van der Waals surface area contributed by atoms with Crippen molar-refractivity contribution < 1.29 is 10.2 Å². The Balaban J connectivity index is 1.61. The van der Waals surface area contributed by atoms with E-state index in [2.05, 4.69) is 4.98 Å². The number of fused-ring (bicyclic) bond motifs is 5. The van der Waals surface area contributed by atoms with Crippen molar-refractivity contribution >= 4 is 21.8 Å². The summed E-state index contributed by atoms with van der Waals surface area (Å²) in [5.41, 5.74) is 4.70. The summed E-state index contributed by atoms with van der Waals surface area (Å²) in [7, 11) is 0. The van der Waals surface area contributed by atoms with Crippen molar-refractivity contribution in [1.29, 1.82) is 0 Å². The van der Waals surface area contributed by atoms with Crippen LogP contribution >= 0.6 is 0 Å². The molecule has 0 fully saturated rings. The summed E-state index contributed by atoms with van der Waals surface area (Å²) in [4.78, 5) is 21.9. The van der Waals surface area contributed by atoms with E-state index in [0.717, 1.165) is 38.6 Å². The summed E-state index contributed by atoms with van der Waals surface area (Å²) in [6, 6.07) is 25.9. The van der Waals surface area contributed by atoms with E-state index in [1.54, 1.807) is 41.0 Å². The predicted octanol–water partition coefficient (Wildman–Crippen LogP) is 4.90. The van der Waals surface area contributed by atoms with Crippen LogP contribution in [0.1, 0.15) is 22.5 Å². The zero-order valence-corrected chi connectivity index (χ0v) is 18.2. The summed E-state index contributed by atoms with van der Waals surface area (Å²) in [6.07, 6.45) is 0.957. The van der Waals surface area contributed by atoms with Crippen LogP contribution < -0.4 is 5.56 Å². The highest BCUT2D eigenvalue weighted by atomic mass is 16.3. The summed E-state index contributed by atoms with van der Waals surface area (Å²) >= 11 is 0. The Morgan fingerprint density at radius 2 is 1.53 bits per heavy atom. The van der Waals surface area contributed by atoms with Gasteiger partial charge in [-0.2, -0.15) is 0 Å². The topological polar surface area (TPSA) is 91.1 Å². The smallest absolute Gasteiger partial charge is 0.278 e. The second-order valence-corrected chi connectivity index (χ2v) is 8.50. The normalized spacial score (nSPS) is 11.5. The number of hydrogen-bond acceptors (Lipinski definition) is 4. The largest absolute Gasteiger partial charge is 0.508 e. The van der Waals surface area contributed by atoms with E-state index in [4.69, 9.17) is 4.98 Å². The van der Waals surface area contributed by atoms with Crippen LogP contribution in [0.3, 0.4) is 0 Å². The van der Waals surface area contributed by atoms with Crippen LogP contribution in [0.2, 0.25) is 0 Å². The number of phenols is 2. The van der Waals surface area contributed by atoms with Crippen molar-refractivity contribution in [3.8, 4) is 17.3 Å². The molecule has 0 saturated heterocycles. The lowest BCUT2D eigenvalue weighted by Crippen LogP contribution is -2.18. The standard InChI is InChI=1S/C28H21N3O3/c32-20-9-6-18(7-10-20)15-24-28(34)31-25-13-8-19-16-21(33)11-12-22(19)26(25)29-23(27(31)30-24)14-17-4-2-1-3-5-17/h1-13,16,29,32-33H,14-15H2. The number of phenolic OH excluding ortho intramolecular Hbond substituents is 2. The molecule has 2 heterocycles. The maximum absolute atomic E-state index is 13.6. The van der Waals surface area contributed by atoms with Crippen molar-refractivity contribution in [2.75, 3.05) is 0 Å². The first kappa shape index (κ1) is 20.1. The van der Waals surface area contributed by atoms with Gasteiger partial charge in [-0.25, -0.2) is 4.98 Å². The first-order chi connectivity index (χ1) is 16.6. The SMILES string of the molecule is O=c1c(Cc2ccc(O)cc2)nc2c(Cc3ccccc3)[nH]c3c4ccc(O)cc4ccc3n1-2. The Morgan fingerprint density at radius 3 is 2.32 bits per heavy atom. The van der Waals surface area contributed by atoms with Gasteiger partial charge in [0.2, 0.25) is 0 Å². The predicted molar refractivity (Wildman–Crippen MR) is 132 cm³/mol. The fourth-order valence-electron chi connectivity index (χ4n) is 4.55. The molecular formula is C28H21N3O3. The molecular weight excluding hydrogens is 426 g/mol. The van der Waals surface area contributed by atoms with Crippen LogP contribution in [-0.2, 0) is 12.8 Å². The summed E-state index contributed by atoms with van der Waals surface area (Å²) in [5.74, 6) is 0.985. The van der Waals surface area contributed by atoms with E-state index in [1.165, 1.54) is 0 Å². The highest BCUT2D eigenvalue weighted by Gasteiger charge is 2.22. The number of hydrogen-bond donors (Lipinski definition) is 3. The number of nitrogens with zero attached hydrogens (tertiary/aromatic N) is 2.